The lowest BCUT2D eigenvalue weighted by atomic mass is 10.0. The van der Waals surface area contributed by atoms with Crippen molar-refractivity contribution in [1.29, 1.82) is 5.26 Å². The highest BCUT2D eigenvalue weighted by molar-refractivity contribution is 6.00. The topological polar surface area (TPSA) is 86.8 Å². The molecule has 0 aliphatic carbocycles. The van der Waals surface area contributed by atoms with Gasteiger partial charge in [-0.15, -0.1) is 0 Å². The van der Waals surface area contributed by atoms with Gasteiger partial charge in [-0.05, 0) is 62.7 Å². The minimum Gasteiger partial charge on any atom is -0.497 e. The summed E-state index contributed by atoms with van der Waals surface area (Å²) >= 11 is 0. The molecule has 1 fully saturated rings. The van der Waals surface area contributed by atoms with Crippen LogP contribution in [-0.2, 0) is 6.18 Å². The maximum absolute atomic E-state index is 14.3. The summed E-state index contributed by atoms with van der Waals surface area (Å²) < 4.78 is 48.8. The van der Waals surface area contributed by atoms with Gasteiger partial charge < -0.3 is 9.64 Å². The molecule has 212 valence electrons. The quantitative estimate of drug-likeness (QED) is 0.319. The predicted octanol–water partition coefficient (Wildman–Crippen LogP) is 5.51. The Hall–Kier alpha value is -4.43. The number of aromatic nitrogens is 3. The van der Waals surface area contributed by atoms with Crippen LogP contribution in [0.5, 0.6) is 5.75 Å². The van der Waals surface area contributed by atoms with Crippen LogP contribution in [0.3, 0.4) is 0 Å². The normalized spacial score (nSPS) is 16.9. The van der Waals surface area contributed by atoms with Crippen molar-refractivity contribution >= 4 is 11.6 Å². The fourth-order valence-corrected chi connectivity index (χ4v) is 5.46. The molecule has 2 aromatic heterocycles. The molecule has 0 radical (unpaired) electrons. The molecule has 8 nitrogen and oxygen atoms in total. The highest BCUT2D eigenvalue weighted by Gasteiger charge is 2.39. The van der Waals surface area contributed by atoms with E-state index < -0.39 is 17.8 Å². The van der Waals surface area contributed by atoms with Gasteiger partial charge in [0.25, 0.3) is 5.91 Å². The molecule has 4 aromatic rings. The van der Waals surface area contributed by atoms with Crippen molar-refractivity contribution in [3.05, 3.63) is 82.7 Å². The number of amides is 1. The van der Waals surface area contributed by atoms with E-state index in [4.69, 9.17) is 4.74 Å². The van der Waals surface area contributed by atoms with Crippen molar-refractivity contribution in [1.82, 2.24) is 24.4 Å². The number of nitrogens with zero attached hydrogens (tertiary/aromatic N) is 6. The van der Waals surface area contributed by atoms with Crippen LogP contribution in [0.2, 0.25) is 0 Å². The van der Waals surface area contributed by atoms with Gasteiger partial charge in [-0.25, -0.2) is 9.50 Å². The van der Waals surface area contributed by atoms with Gasteiger partial charge in [0, 0.05) is 42.8 Å². The van der Waals surface area contributed by atoms with Crippen molar-refractivity contribution in [3.8, 4) is 23.1 Å². The van der Waals surface area contributed by atoms with Crippen LogP contribution >= 0.6 is 0 Å². The summed E-state index contributed by atoms with van der Waals surface area (Å²) in [5, 5.41) is 13.2. The first-order valence-corrected chi connectivity index (χ1v) is 13.2. The van der Waals surface area contributed by atoms with Crippen LogP contribution in [0.15, 0.2) is 54.7 Å². The zero-order valence-corrected chi connectivity index (χ0v) is 23.1. The largest absolute Gasteiger partial charge is 0.497 e. The molecule has 0 N–H and O–H groups in total. The number of nitriles is 1. The number of carbonyl (C=O) groups excluding carboxylic acids is 1. The third-order valence-corrected chi connectivity index (χ3v) is 7.71. The monoisotopic (exact) mass is 562 g/mol. The maximum atomic E-state index is 14.3. The molecule has 5 rings (SSSR count). The first-order chi connectivity index (χ1) is 19.5. The molecule has 41 heavy (non-hydrogen) atoms. The van der Waals surface area contributed by atoms with Crippen molar-refractivity contribution < 1.29 is 22.7 Å². The van der Waals surface area contributed by atoms with Crippen LogP contribution in [0.1, 0.15) is 52.6 Å². The van der Waals surface area contributed by atoms with E-state index in [1.165, 1.54) is 20.2 Å². The van der Waals surface area contributed by atoms with Gasteiger partial charge in [0.05, 0.1) is 30.6 Å². The fourth-order valence-electron chi connectivity index (χ4n) is 5.46. The number of ether oxygens (including phenoxy) is 1. The van der Waals surface area contributed by atoms with E-state index in [2.05, 4.69) is 28.0 Å². The second-order valence-corrected chi connectivity index (χ2v) is 10.2. The number of carbonyl (C=O) groups is 1. The van der Waals surface area contributed by atoms with Gasteiger partial charge in [0.2, 0.25) is 0 Å². The standard InChI is InChI=1S/C30H29F3N6O2/c1-18-17-37(20(3)23-7-5-6-21(14-23)15-34)12-13-38(18)29(40)25-16-35-39-27(30(31,32)33)19(2)26(36-28(25)39)22-8-10-24(41-4)11-9-22/h5-11,14,16,18,20H,12-13,17H2,1-4H3/t18-,20+/m1/s1. The number of methoxy groups -OCH3 is 1. The Morgan fingerprint density at radius 3 is 2.54 bits per heavy atom. The second kappa shape index (κ2) is 10.9. The second-order valence-electron chi connectivity index (χ2n) is 10.2. The molecule has 0 unspecified atom stereocenters. The number of halogens is 3. The van der Waals surface area contributed by atoms with Gasteiger partial charge in [0.15, 0.2) is 11.3 Å². The van der Waals surface area contributed by atoms with Crippen molar-refractivity contribution in [2.24, 2.45) is 0 Å². The Morgan fingerprint density at radius 1 is 1.17 bits per heavy atom. The first kappa shape index (κ1) is 28.1. The molecule has 0 saturated carbocycles. The Labute approximate surface area is 235 Å². The number of benzene rings is 2. The SMILES string of the molecule is COc1ccc(-c2nc3c(C(=O)N4CCN([C@@H](C)c5cccc(C#N)c5)C[C@H]4C)cnn3c(C(F)(F)F)c2C)cc1. The van der Waals surface area contributed by atoms with E-state index >= 15 is 0 Å². The highest BCUT2D eigenvalue weighted by Crippen LogP contribution is 2.37. The lowest BCUT2D eigenvalue weighted by Crippen LogP contribution is -2.54. The van der Waals surface area contributed by atoms with Crippen molar-refractivity contribution in [2.75, 3.05) is 26.7 Å². The lowest BCUT2D eigenvalue weighted by Gasteiger charge is -2.42. The molecule has 1 saturated heterocycles. The van der Waals surface area contributed by atoms with Crippen LogP contribution in [0, 0.1) is 18.3 Å². The van der Waals surface area contributed by atoms with E-state index in [1.807, 2.05) is 25.1 Å². The first-order valence-electron chi connectivity index (χ1n) is 13.2. The zero-order chi connectivity index (χ0) is 29.5. The third-order valence-electron chi connectivity index (χ3n) is 7.71. The predicted molar refractivity (Wildman–Crippen MR) is 146 cm³/mol. The summed E-state index contributed by atoms with van der Waals surface area (Å²) in [5.74, 6) is 0.139. The molecule has 11 heteroatoms. The summed E-state index contributed by atoms with van der Waals surface area (Å²) in [6, 6.07) is 16.0. The molecule has 0 spiro atoms. The average molecular weight is 563 g/mol. The Morgan fingerprint density at radius 2 is 1.90 bits per heavy atom. The maximum Gasteiger partial charge on any atom is 0.433 e. The minimum atomic E-state index is -4.73. The minimum absolute atomic E-state index is 0.0142. The molecule has 1 aliphatic rings. The van der Waals surface area contributed by atoms with Crippen LogP contribution < -0.4 is 4.74 Å². The van der Waals surface area contributed by atoms with Crippen LogP contribution in [0.25, 0.3) is 16.9 Å². The number of alkyl halides is 3. The Kier molecular flexibility index (Phi) is 7.44. The summed E-state index contributed by atoms with van der Waals surface area (Å²) in [6.45, 7) is 6.81. The number of fused-ring (bicyclic) bond motifs is 1. The van der Waals surface area contributed by atoms with E-state index in [-0.39, 0.29) is 34.6 Å². The number of piperazine rings is 1. The summed E-state index contributed by atoms with van der Waals surface area (Å²) in [5.41, 5.74) is 0.978. The smallest absolute Gasteiger partial charge is 0.433 e. The van der Waals surface area contributed by atoms with Gasteiger partial charge in [-0.1, -0.05) is 12.1 Å². The van der Waals surface area contributed by atoms with Gasteiger partial charge in [0.1, 0.15) is 11.3 Å². The molecule has 1 amide bonds. The lowest BCUT2D eigenvalue weighted by molar-refractivity contribution is -0.143. The Balaban J connectivity index is 1.47. The van der Waals surface area contributed by atoms with Gasteiger partial charge in [-0.2, -0.15) is 23.5 Å². The summed E-state index contributed by atoms with van der Waals surface area (Å²) in [4.78, 5) is 22.2. The van der Waals surface area contributed by atoms with E-state index in [0.29, 0.717) is 36.5 Å². The highest BCUT2D eigenvalue weighted by atomic mass is 19.4. The molecule has 2 aromatic carbocycles. The number of hydrogen-bond donors (Lipinski definition) is 0. The molecule has 2 atom stereocenters. The molecule has 1 aliphatic heterocycles. The van der Waals surface area contributed by atoms with E-state index in [0.717, 1.165) is 10.1 Å². The van der Waals surface area contributed by atoms with Crippen LogP contribution in [-0.4, -0.2) is 63.1 Å². The molecule has 0 bridgehead atoms. The Bertz CT molecular complexity index is 1640. The fraction of sp³-hybridized carbons (Fsp3) is 0.333. The summed E-state index contributed by atoms with van der Waals surface area (Å²) in [6.07, 6.45) is -3.55. The van der Waals surface area contributed by atoms with Gasteiger partial charge in [-0.3, -0.25) is 9.69 Å². The average Bonchev–Trinajstić information content (AvgIpc) is 3.38. The van der Waals surface area contributed by atoms with E-state index in [9.17, 15) is 23.2 Å². The molecule has 3 heterocycles. The summed E-state index contributed by atoms with van der Waals surface area (Å²) in [7, 11) is 1.50. The molecular weight excluding hydrogens is 533 g/mol. The third kappa shape index (κ3) is 5.23. The van der Waals surface area contributed by atoms with E-state index in [1.54, 1.807) is 35.2 Å². The number of hydrogen-bond acceptors (Lipinski definition) is 6. The number of rotatable bonds is 5. The van der Waals surface area contributed by atoms with Crippen molar-refractivity contribution in [2.45, 2.75) is 39.0 Å². The van der Waals surface area contributed by atoms with Gasteiger partial charge >= 0.3 is 6.18 Å². The van der Waals surface area contributed by atoms with Crippen LogP contribution in [0.4, 0.5) is 13.2 Å². The molecular formula is C30H29F3N6O2. The van der Waals surface area contributed by atoms with Crippen molar-refractivity contribution in [3.63, 3.8) is 0 Å². The zero-order valence-electron chi connectivity index (χ0n) is 23.1.